The molecule has 1 heterocycles. The molecule has 0 atom stereocenters. The van der Waals surface area contributed by atoms with Gasteiger partial charge in [0.2, 0.25) is 0 Å². The second-order valence-corrected chi connectivity index (χ2v) is 9.00. The molecule has 0 amide bonds. The molecule has 0 aliphatic carbocycles. The normalized spacial score (nSPS) is 14.6. The summed E-state index contributed by atoms with van der Waals surface area (Å²) in [4.78, 5) is 3.91. The van der Waals surface area contributed by atoms with E-state index in [2.05, 4.69) is 4.99 Å². The average molecular weight is 463 g/mol. The minimum absolute atomic E-state index is 0.0862. The van der Waals surface area contributed by atoms with Crippen LogP contribution in [-0.2, 0) is 17.8 Å². The van der Waals surface area contributed by atoms with Gasteiger partial charge in [0.1, 0.15) is 5.84 Å². The number of hydrogen-bond acceptors (Lipinski definition) is 2. The first-order chi connectivity index (χ1) is 15.1. The van der Waals surface area contributed by atoms with Crippen LogP contribution in [-0.4, -0.2) is 11.7 Å². The number of nitrogens with two attached hydrogens (primary N) is 1. The molecule has 33 heavy (non-hydrogen) atoms. The minimum Gasteiger partial charge on any atom is -0.383 e. The standard InChI is InChI=1S/C24H19F6N3/c1-22(2,3)13-4-5-16-11(6-13)9-17-19(21(32)33-20(17)31)18(16)12-7-14(23(25,26)27)10-15(8-12)24(28,29)30/h4-10H,1-3H3,(H3,31,32,33). The van der Waals surface area contributed by atoms with Crippen molar-refractivity contribution in [3.63, 3.8) is 0 Å². The van der Waals surface area contributed by atoms with Gasteiger partial charge in [-0.05, 0) is 51.6 Å². The summed E-state index contributed by atoms with van der Waals surface area (Å²) in [5.41, 5.74) is 4.00. The number of benzene rings is 3. The van der Waals surface area contributed by atoms with Crippen LogP contribution in [0.1, 0.15) is 48.6 Å². The van der Waals surface area contributed by atoms with Crippen LogP contribution in [0.4, 0.5) is 26.3 Å². The fraction of sp³-hybridized carbons (Fsp3) is 0.250. The molecule has 0 aromatic heterocycles. The van der Waals surface area contributed by atoms with Gasteiger partial charge in [0.05, 0.1) is 11.1 Å². The fourth-order valence-corrected chi connectivity index (χ4v) is 3.96. The van der Waals surface area contributed by atoms with Crippen LogP contribution in [0.3, 0.4) is 0 Å². The zero-order valence-electron chi connectivity index (χ0n) is 17.8. The number of alkyl halides is 6. The second kappa shape index (κ2) is 7.07. The third-order valence-corrected chi connectivity index (χ3v) is 5.63. The number of aliphatic imine (C=N–C) groups is 1. The SMILES string of the molecule is CC(C)(C)c1ccc2c(-c3cc(C(F)(F)F)cc(C(F)(F)F)c3)c3c(cc2c1)C(=N)N=C3N. The Morgan fingerprint density at radius 2 is 1.33 bits per heavy atom. The van der Waals surface area contributed by atoms with Gasteiger partial charge in [0.15, 0.2) is 5.84 Å². The third-order valence-electron chi connectivity index (χ3n) is 5.63. The van der Waals surface area contributed by atoms with Crippen molar-refractivity contribution < 1.29 is 26.3 Å². The molecule has 9 heteroatoms. The molecule has 4 rings (SSSR count). The lowest BCUT2D eigenvalue weighted by molar-refractivity contribution is -0.143. The van der Waals surface area contributed by atoms with Crippen molar-refractivity contribution in [3.05, 3.63) is 70.3 Å². The molecule has 0 fully saturated rings. The van der Waals surface area contributed by atoms with E-state index in [0.29, 0.717) is 22.9 Å². The van der Waals surface area contributed by atoms with Crippen LogP contribution >= 0.6 is 0 Å². The molecule has 3 N–H and O–H groups in total. The van der Waals surface area contributed by atoms with Crippen LogP contribution < -0.4 is 5.73 Å². The maximum Gasteiger partial charge on any atom is 0.416 e. The van der Waals surface area contributed by atoms with Crippen molar-refractivity contribution in [1.82, 2.24) is 0 Å². The average Bonchev–Trinajstić information content (AvgIpc) is 2.96. The van der Waals surface area contributed by atoms with Crippen molar-refractivity contribution in [3.8, 4) is 11.1 Å². The molecule has 0 unspecified atom stereocenters. The van der Waals surface area contributed by atoms with E-state index in [1.807, 2.05) is 26.8 Å². The quantitative estimate of drug-likeness (QED) is 0.380. The number of hydrogen-bond donors (Lipinski definition) is 2. The Morgan fingerprint density at radius 3 is 1.85 bits per heavy atom. The van der Waals surface area contributed by atoms with Crippen LogP contribution in [0.2, 0.25) is 0 Å². The topological polar surface area (TPSA) is 62.2 Å². The molecular formula is C24H19F6N3. The van der Waals surface area contributed by atoms with E-state index in [0.717, 1.165) is 5.56 Å². The summed E-state index contributed by atoms with van der Waals surface area (Å²) in [7, 11) is 0. The van der Waals surface area contributed by atoms with Crippen molar-refractivity contribution in [2.24, 2.45) is 10.7 Å². The summed E-state index contributed by atoms with van der Waals surface area (Å²) >= 11 is 0. The highest BCUT2D eigenvalue weighted by Crippen LogP contribution is 2.43. The molecule has 172 valence electrons. The van der Waals surface area contributed by atoms with Crippen LogP contribution in [0.15, 0.2) is 47.5 Å². The Hall–Kier alpha value is -3.36. The Bertz CT molecular complexity index is 1310. The van der Waals surface area contributed by atoms with Crippen molar-refractivity contribution in [2.75, 3.05) is 0 Å². The van der Waals surface area contributed by atoms with E-state index in [1.165, 1.54) is 0 Å². The van der Waals surface area contributed by atoms with Crippen molar-refractivity contribution in [1.29, 1.82) is 5.41 Å². The van der Waals surface area contributed by atoms with E-state index >= 15 is 0 Å². The lowest BCUT2D eigenvalue weighted by Gasteiger charge is -2.22. The molecule has 0 bridgehead atoms. The molecular weight excluding hydrogens is 444 g/mol. The van der Waals surface area contributed by atoms with E-state index in [4.69, 9.17) is 11.1 Å². The molecule has 3 aromatic rings. The van der Waals surface area contributed by atoms with Crippen LogP contribution in [0.5, 0.6) is 0 Å². The van der Waals surface area contributed by atoms with Gasteiger partial charge >= 0.3 is 12.4 Å². The minimum atomic E-state index is -4.99. The van der Waals surface area contributed by atoms with E-state index in [-0.39, 0.29) is 45.4 Å². The lowest BCUT2D eigenvalue weighted by Crippen LogP contribution is -2.15. The Kier molecular flexibility index (Phi) is 4.89. The van der Waals surface area contributed by atoms with Gasteiger partial charge < -0.3 is 5.73 Å². The fourth-order valence-electron chi connectivity index (χ4n) is 3.96. The number of rotatable bonds is 1. The number of fused-ring (bicyclic) bond motifs is 2. The summed E-state index contributed by atoms with van der Waals surface area (Å²) in [5, 5.41) is 9.11. The van der Waals surface area contributed by atoms with Gasteiger partial charge in [0.25, 0.3) is 0 Å². The van der Waals surface area contributed by atoms with Crippen molar-refractivity contribution >= 4 is 22.4 Å². The zero-order valence-corrected chi connectivity index (χ0v) is 17.8. The third kappa shape index (κ3) is 3.96. The summed E-state index contributed by atoms with van der Waals surface area (Å²) < 4.78 is 81.1. The Balaban J connectivity index is 2.14. The molecule has 0 spiro atoms. The highest BCUT2D eigenvalue weighted by atomic mass is 19.4. The second-order valence-electron chi connectivity index (χ2n) is 9.00. The lowest BCUT2D eigenvalue weighted by atomic mass is 9.83. The number of amidine groups is 2. The van der Waals surface area contributed by atoms with Crippen LogP contribution in [0.25, 0.3) is 21.9 Å². The van der Waals surface area contributed by atoms with Gasteiger partial charge in [-0.1, -0.05) is 39.0 Å². The summed E-state index contributed by atoms with van der Waals surface area (Å²) in [5.74, 6) is -0.326. The summed E-state index contributed by atoms with van der Waals surface area (Å²) in [6.07, 6.45) is -9.98. The smallest absolute Gasteiger partial charge is 0.383 e. The summed E-state index contributed by atoms with van der Waals surface area (Å²) in [6.45, 7) is 5.94. The molecule has 1 aliphatic rings. The maximum absolute atomic E-state index is 13.5. The van der Waals surface area contributed by atoms with Gasteiger partial charge in [-0.2, -0.15) is 26.3 Å². The maximum atomic E-state index is 13.5. The first kappa shape index (κ1) is 22.8. The van der Waals surface area contributed by atoms with Gasteiger partial charge in [-0.25, -0.2) is 4.99 Å². The largest absolute Gasteiger partial charge is 0.416 e. The van der Waals surface area contributed by atoms with Crippen molar-refractivity contribution in [2.45, 2.75) is 38.5 Å². The first-order valence-electron chi connectivity index (χ1n) is 9.92. The number of halogens is 6. The van der Waals surface area contributed by atoms with E-state index < -0.39 is 23.5 Å². The van der Waals surface area contributed by atoms with Gasteiger partial charge in [-0.15, -0.1) is 0 Å². The predicted molar refractivity (Wildman–Crippen MR) is 116 cm³/mol. The number of nitrogens with one attached hydrogen (secondary N) is 1. The highest BCUT2D eigenvalue weighted by Gasteiger charge is 2.38. The Labute approximate surface area is 185 Å². The van der Waals surface area contributed by atoms with Gasteiger partial charge in [0, 0.05) is 16.7 Å². The first-order valence-corrected chi connectivity index (χ1v) is 9.92. The van der Waals surface area contributed by atoms with E-state index in [1.54, 1.807) is 18.2 Å². The van der Waals surface area contributed by atoms with E-state index in [9.17, 15) is 26.3 Å². The molecule has 3 aromatic carbocycles. The Morgan fingerprint density at radius 1 is 0.758 bits per heavy atom. The molecule has 1 aliphatic heterocycles. The molecule has 0 saturated carbocycles. The molecule has 0 radical (unpaired) electrons. The molecule has 0 saturated heterocycles. The number of nitrogens with zero attached hydrogens (tertiary/aromatic N) is 1. The molecule has 3 nitrogen and oxygen atoms in total. The monoisotopic (exact) mass is 463 g/mol. The zero-order chi connectivity index (χ0) is 24.5. The predicted octanol–water partition coefficient (Wildman–Crippen LogP) is 6.89. The van der Waals surface area contributed by atoms with Crippen LogP contribution in [0, 0.1) is 5.41 Å². The highest BCUT2D eigenvalue weighted by molar-refractivity contribution is 6.27. The summed E-state index contributed by atoms with van der Waals surface area (Å²) in [6, 6.07) is 8.35. The van der Waals surface area contributed by atoms with Gasteiger partial charge in [-0.3, -0.25) is 5.41 Å².